The van der Waals surface area contributed by atoms with Gasteiger partial charge < -0.3 is 15.0 Å². The van der Waals surface area contributed by atoms with Crippen molar-refractivity contribution in [3.63, 3.8) is 0 Å². The lowest BCUT2D eigenvalue weighted by Crippen LogP contribution is -2.45. The van der Waals surface area contributed by atoms with Crippen LogP contribution >= 0.6 is 0 Å². The number of amides is 1. The van der Waals surface area contributed by atoms with Gasteiger partial charge in [0.1, 0.15) is 5.75 Å². The summed E-state index contributed by atoms with van der Waals surface area (Å²) >= 11 is 0. The normalized spacial score (nSPS) is 23.0. The number of hydrogen-bond acceptors (Lipinski definition) is 5. The van der Waals surface area contributed by atoms with Gasteiger partial charge in [0.05, 0.1) is 18.5 Å². The number of morpholine rings is 1. The summed E-state index contributed by atoms with van der Waals surface area (Å²) in [6.07, 6.45) is 1.22. The van der Waals surface area contributed by atoms with E-state index in [1.807, 2.05) is 0 Å². The van der Waals surface area contributed by atoms with Crippen LogP contribution in [0, 0.1) is 0 Å². The maximum atomic E-state index is 12.1. The summed E-state index contributed by atoms with van der Waals surface area (Å²) in [7, 11) is -3.30. The fourth-order valence-corrected chi connectivity index (χ4v) is 4.06. The molecule has 104 valence electrons. The molecule has 0 aromatic carbocycles. The molecule has 0 spiro atoms. The molecule has 0 radical (unpaired) electrons. The first-order chi connectivity index (χ1) is 8.59. The highest BCUT2D eigenvalue weighted by Gasteiger charge is 2.31. The molecule has 2 aliphatic heterocycles. The molecule has 1 N–H and O–H groups in total. The lowest BCUT2D eigenvalue weighted by molar-refractivity contribution is -0.132. The number of piperidine rings is 1. The fraction of sp³-hybridized carbons (Fsp3) is 0.909. The van der Waals surface area contributed by atoms with Gasteiger partial charge in [-0.3, -0.25) is 4.79 Å². The highest BCUT2D eigenvalue weighted by molar-refractivity contribution is 7.92. The number of carbonyl (C=O) groups is 1. The highest BCUT2D eigenvalue weighted by atomic mass is 32.2. The predicted octanol–water partition coefficient (Wildman–Crippen LogP) is -0.988. The number of hydrogen-bond donors (Lipinski definition) is 1. The van der Waals surface area contributed by atoms with Crippen LogP contribution in [-0.2, 0) is 19.4 Å². The van der Waals surface area contributed by atoms with Crippen LogP contribution in [-0.4, -0.2) is 69.6 Å². The molecule has 6 nitrogen and oxygen atoms in total. The number of carbonyl (C=O) groups excluding carboxylic acids is 1. The van der Waals surface area contributed by atoms with E-state index in [0.717, 1.165) is 13.1 Å². The first kappa shape index (κ1) is 13.8. The van der Waals surface area contributed by atoms with Crippen LogP contribution in [0.5, 0.6) is 0 Å². The average Bonchev–Trinajstić information content (AvgIpc) is 2.40. The molecular formula is C11H20N2O4S. The number of rotatable bonds is 3. The smallest absolute Gasteiger partial charge is 0.237 e. The summed E-state index contributed by atoms with van der Waals surface area (Å²) in [6.45, 7) is 3.44. The zero-order valence-electron chi connectivity index (χ0n) is 10.4. The SMILES string of the molecule is O=C(CS(=O)(=O)C1CCNCC1)N1CCOCC1. The second-order valence-electron chi connectivity index (χ2n) is 4.75. The molecule has 2 saturated heterocycles. The Morgan fingerprint density at radius 1 is 1.22 bits per heavy atom. The Morgan fingerprint density at radius 3 is 2.44 bits per heavy atom. The van der Waals surface area contributed by atoms with Gasteiger partial charge >= 0.3 is 0 Å². The number of ether oxygens (including phenoxy) is 1. The minimum absolute atomic E-state index is 0.281. The van der Waals surface area contributed by atoms with Crippen molar-refractivity contribution >= 4 is 15.7 Å². The predicted molar refractivity (Wildman–Crippen MR) is 67.1 cm³/mol. The lowest BCUT2D eigenvalue weighted by atomic mass is 10.2. The van der Waals surface area contributed by atoms with Crippen LogP contribution in [0.15, 0.2) is 0 Å². The molecule has 2 aliphatic rings. The van der Waals surface area contributed by atoms with E-state index in [0.29, 0.717) is 39.1 Å². The highest BCUT2D eigenvalue weighted by Crippen LogP contribution is 2.15. The third kappa shape index (κ3) is 3.43. The Labute approximate surface area is 108 Å². The van der Waals surface area contributed by atoms with Gasteiger partial charge in [0.15, 0.2) is 9.84 Å². The monoisotopic (exact) mass is 276 g/mol. The van der Waals surface area contributed by atoms with Gasteiger partial charge in [0.25, 0.3) is 0 Å². The van der Waals surface area contributed by atoms with E-state index in [2.05, 4.69) is 5.32 Å². The fourth-order valence-electron chi connectivity index (χ4n) is 2.35. The molecule has 18 heavy (non-hydrogen) atoms. The summed E-state index contributed by atoms with van der Waals surface area (Å²) in [5.74, 6) is -0.630. The largest absolute Gasteiger partial charge is 0.378 e. The Hall–Kier alpha value is -0.660. The molecule has 0 aliphatic carbocycles. The number of nitrogens with one attached hydrogen (secondary N) is 1. The van der Waals surface area contributed by atoms with E-state index in [1.54, 1.807) is 4.90 Å². The summed E-state index contributed by atoms with van der Waals surface area (Å²) in [6, 6.07) is 0. The second-order valence-corrected chi connectivity index (χ2v) is 7.03. The molecule has 0 atom stereocenters. The molecule has 2 fully saturated rings. The van der Waals surface area contributed by atoms with Crippen molar-refractivity contribution < 1.29 is 17.9 Å². The van der Waals surface area contributed by atoms with E-state index in [9.17, 15) is 13.2 Å². The summed E-state index contributed by atoms with van der Waals surface area (Å²) < 4.78 is 29.4. The topological polar surface area (TPSA) is 75.7 Å². The van der Waals surface area contributed by atoms with Crippen molar-refractivity contribution in [3.8, 4) is 0 Å². The van der Waals surface area contributed by atoms with Gasteiger partial charge in [0, 0.05) is 13.1 Å². The van der Waals surface area contributed by atoms with Gasteiger partial charge in [0.2, 0.25) is 5.91 Å². The van der Waals surface area contributed by atoms with Crippen LogP contribution in [0.25, 0.3) is 0 Å². The van der Waals surface area contributed by atoms with Crippen LogP contribution in [0.3, 0.4) is 0 Å². The molecule has 0 aromatic rings. The Morgan fingerprint density at radius 2 is 1.83 bits per heavy atom. The van der Waals surface area contributed by atoms with Gasteiger partial charge in [-0.2, -0.15) is 0 Å². The molecule has 0 aromatic heterocycles. The first-order valence-corrected chi connectivity index (χ1v) is 8.09. The Bertz CT molecular complexity index is 384. The van der Waals surface area contributed by atoms with E-state index in [-0.39, 0.29) is 16.9 Å². The molecule has 7 heteroatoms. The third-order valence-corrected chi connectivity index (χ3v) is 5.62. The zero-order valence-corrected chi connectivity index (χ0v) is 11.2. The van der Waals surface area contributed by atoms with Crippen molar-refractivity contribution in [1.82, 2.24) is 10.2 Å². The van der Waals surface area contributed by atoms with Crippen LogP contribution in [0.4, 0.5) is 0 Å². The number of nitrogens with zero attached hydrogens (tertiary/aromatic N) is 1. The molecule has 1 amide bonds. The maximum Gasteiger partial charge on any atom is 0.237 e. The van der Waals surface area contributed by atoms with Crippen LogP contribution in [0.1, 0.15) is 12.8 Å². The lowest BCUT2D eigenvalue weighted by Gasteiger charge is -2.28. The van der Waals surface area contributed by atoms with Crippen molar-refractivity contribution in [2.24, 2.45) is 0 Å². The zero-order chi connectivity index (χ0) is 13.0. The van der Waals surface area contributed by atoms with E-state index in [1.165, 1.54) is 0 Å². The maximum absolute atomic E-state index is 12.1. The van der Waals surface area contributed by atoms with Crippen molar-refractivity contribution in [1.29, 1.82) is 0 Å². The minimum Gasteiger partial charge on any atom is -0.378 e. The Kier molecular flexibility index (Phi) is 4.58. The number of sulfone groups is 1. The van der Waals surface area contributed by atoms with Crippen LogP contribution in [0.2, 0.25) is 0 Å². The molecule has 2 rings (SSSR count). The molecule has 0 saturated carbocycles. The summed E-state index contributed by atoms with van der Waals surface area (Å²) in [5.41, 5.74) is 0. The van der Waals surface area contributed by atoms with Crippen LogP contribution < -0.4 is 5.32 Å². The van der Waals surface area contributed by atoms with E-state index < -0.39 is 9.84 Å². The standard InChI is InChI=1S/C11H20N2O4S/c14-11(13-5-7-17-8-6-13)9-18(15,16)10-1-3-12-4-2-10/h10,12H,1-9H2. The van der Waals surface area contributed by atoms with Crippen molar-refractivity contribution in [2.75, 3.05) is 45.1 Å². The van der Waals surface area contributed by atoms with Gasteiger partial charge in [-0.1, -0.05) is 0 Å². The van der Waals surface area contributed by atoms with Gasteiger partial charge in [-0.05, 0) is 25.9 Å². The van der Waals surface area contributed by atoms with E-state index in [4.69, 9.17) is 4.74 Å². The second kappa shape index (κ2) is 5.99. The quantitative estimate of drug-likeness (QED) is 0.716. The van der Waals surface area contributed by atoms with Gasteiger partial charge in [-0.25, -0.2) is 8.42 Å². The minimum atomic E-state index is -3.30. The summed E-state index contributed by atoms with van der Waals surface area (Å²) in [4.78, 5) is 13.5. The molecule has 0 unspecified atom stereocenters. The first-order valence-electron chi connectivity index (χ1n) is 6.37. The van der Waals surface area contributed by atoms with Crippen molar-refractivity contribution in [3.05, 3.63) is 0 Å². The Balaban J connectivity index is 1.92. The average molecular weight is 276 g/mol. The molecule has 2 heterocycles. The van der Waals surface area contributed by atoms with Gasteiger partial charge in [-0.15, -0.1) is 0 Å². The third-order valence-electron chi connectivity index (χ3n) is 3.48. The summed E-state index contributed by atoms with van der Waals surface area (Å²) in [5, 5.41) is 2.77. The van der Waals surface area contributed by atoms with Crippen molar-refractivity contribution in [2.45, 2.75) is 18.1 Å². The molecule has 0 bridgehead atoms. The molecular weight excluding hydrogens is 256 g/mol. The van der Waals surface area contributed by atoms with E-state index >= 15 is 0 Å².